The van der Waals surface area contributed by atoms with Crippen LogP contribution in [0.4, 0.5) is 5.82 Å². The zero-order valence-corrected chi connectivity index (χ0v) is 9.07. The summed E-state index contributed by atoms with van der Waals surface area (Å²) in [7, 11) is 2.91. The second-order valence-electron chi connectivity index (χ2n) is 3.43. The van der Waals surface area contributed by atoms with Crippen molar-refractivity contribution in [3.8, 4) is 0 Å². The van der Waals surface area contributed by atoms with E-state index in [4.69, 9.17) is 0 Å². The molecule has 0 aliphatic carbocycles. The number of aryl methyl sites for hydroxylation is 1. The van der Waals surface area contributed by atoms with E-state index in [0.717, 1.165) is 14.8 Å². The molecule has 0 radical (unpaired) electrons. The van der Waals surface area contributed by atoms with Crippen LogP contribution in [0.25, 0.3) is 0 Å². The summed E-state index contributed by atoms with van der Waals surface area (Å²) in [6.45, 7) is 5.99. The number of hydrogen-bond acceptors (Lipinski definition) is 4. The first-order valence-corrected chi connectivity index (χ1v) is 4.46. The number of hydrogen-bond donors (Lipinski definition) is 1. The summed E-state index contributed by atoms with van der Waals surface area (Å²) >= 11 is 0. The minimum absolute atomic E-state index is 0.155. The van der Waals surface area contributed by atoms with Crippen LogP contribution in [0.2, 0.25) is 0 Å². The van der Waals surface area contributed by atoms with Crippen molar-refractivity contribution in [3.63, 3.8) is 0 Å². The Labute approximate surface area is 86.9 Å². The first kappa shape index (κ1) is 11.2. The van der Waals surface area contributed by atoms with Gasteiger partial charge in [-0.2, -0.15) is 0 Å². The van der Waals surface area contributed by atoms with E-state index in [-0.39, 0.29) is 5.82 Å². The molecule has 0 aromatic carbocycles. The quantitative estimate of drug-likeness (QED) is 0.681. The van der Waals surface area contributed by atoms with Gasteiger partial charge in [-0.1, -0.05) is 12.2 Å². The van der Waals surface area contributed by atoms with Gasteiger partial charge in [-0.05, 0) is 6.92 Å². The van der Waals surface area contributed by atoms with Crippen molar-refractivity contribution in [1.29, 1.82) is 0 Å². The molecule has 0 atom stereocenters. The van der Waals surface area contributed by atoms with Gasteiger partial charge in [0.05, 0.1) is 0 Å². The zero-order valence-electron chi connectivity index (χ0n) is 9.07. The molecule has 0 bridgehead atoms. The topological polar surface area (TPSA) is 68.9 Å². The third kappa shape index (κ3) is 2.34. The van der Waals surface area contributed by atoms with Gasteiger partial charge in [-0.15, -0.1) is 5.10 Å². The van der Waals surface area contributed by atoms with Gasteiger partial charge >= 0.3 is 5.69 Å². The van der Waals surface area contributed by atoms with Gasteiger partial charge in [0, 0.05) is 20.6 Å². The van der Waals surface area contributed by atoms with E-state index < -0.39 is 11.2 Å². The van der Waals surface area contributed by atoms with E-state index in [1.54, 1.807) is 0 Å². The summed E-state index contributed by atoms with van der Waals surface area (Å²) < 4.78 is 2.12. The first-order chi connectivity index (χ1) is 6.93. The third-order valence-corrected chi connectivity index (χ3v) is 1.88. The average Bonchev–Trinajstić information content (AvgIpc) is 2.18. The van der Waals surface area contributed by atoms with Gasteiger partial charge in [-0.3, -0.25) is 9.36 Å². The fraction of sp³-hybridized carbons (Fsp3) is 0.444. The van der Waals surface area contributed by atoms with E-state index in [1.165, 1.54) is 14.1 Å². The lowest BCUT2D eigenvalue weighted by Crippen LogP contribution is -2.40. The maximum absolute atomic E-state index is 11.5. The lowest BCUT2D eigenvalue weighted by Gasteiger charge is -2.07. The third-order valence-electron chi connectivity index (χ3n) is 1.88. The van der Waals surface area contributed by atoms with E-state index in [1.807, 2.05) is 6.92 Å². The van der Waals surface area contributed by atoms with Crippen molar-refractivity contribution in [2.24, 2.45) is 14.1 Å². The van der Waals surface area contributed by atoms with Crippen molar-refractivity contribution >= 4 is 5.82 Å². The molecule has 6 heteroatoms. The molecule has 0 saturated heterocycles. The molecule has 6 nitrogen and oxygen atoms in total. The maximum Gasteiger partial charge on any atom is 0.346 e. The van der Waals surface area contributed by atoms with Crippen molar-refractivity contribution in [2.45, 2.75) is 6.92 Å². The van der Waals surface area contributed by atoms with Gasteiger partial charge < -0.3 is 5.32 Å². The first-order valence-electron chi connectivity index (χ1n) is 4.46. The number of anilines is 1. The molecule has 1 aromatic rings. The highest BCUT2D eigenvalue weighted by molar-refractivity contribution is 5.31. The van der Waals surface area contributed by atoms with Crippen molar-refractivity contribution < 1.29 is 0 Å². The Hall–Kier alpha value is -1.85. The van der Waals surface area contributed by atoms with Crippen LogP contribution in [-0.4, -0.2) is 20.9 Å². The Bertz CT molecular complexity index is 498. The average molecular weight is 210 g/mol. The largest absolute Gasteiger partial charge is 0.360 e. The van der Waals surface area contributed by atoms with Gasteiger partial charge in [0.1, 0.15) is 0 Å². The Morgan fingerprint density at radius 2 is 2.07 bits per heavy atom. The molecule has 82 valence electrons. The van der Waals surface area contributed by atoms with Crippen LogP contribution >= 0.6 is 0 Å². The summed E-state index contributed by atoms with van der Waals surface area (Å²) in [5.41, 5.74) is 0.00734. The molecule has 0 amide bonds. The van der Waals surface area contributed by atoms with Gasteiger partial charge in [0.15, 0.2) is 0 Å². The lowest BCUT2D eigenvalue weighted by molar-refractivity contribution is 0.605. The standard InChI is InChI=1S/C9H14N4O2/c1-6(2)5-10-7-8(14)12(3)9(15)13(4)11-7/h1,5H2,2-4H3,(H,10,11). The van der Waals surface area contributed by atoms with Crippen LogP contribution in [0.1, 0.15) is 6.92 Å². The summed E-state index contributed by atoms with van der Waals surface area (Å²) in [5, 5.41) is 6.64. The molecule has 0 spiro atoms. The van der Waals surface area contributed by atoms with Gasteiger partial charge in [0.2, 0.25) is 5.82 Å². The Morgan fingerprint density at radius 3 is 2.60 bits per heavy atom. The monoisotopic (exact) mass is 210 g/mol. The van der Waals surface area contributed by atoms with Crippen LogP contribution < -0.4 is 16.6 Å². The molecule has 15 heavy (non-hydrogen) atoms. The molecule has 0 unspecified atom stereocenters. The molecular formula is C9H14N4O2. The SMILES string of the molecule is C=C(C)CNc1nn(C)c(=O)n(C)c1=O. The van der Waals surface area contributed by atoms with Crippen LogP contribution in [0.5, 0.6) is 0 Å². The number of nitrogens with zero attached hydrogens (tertiary/aromatic N) is 3. The normalized spacial score (nSPS) is 10.1. The molecular weight excluding hydrogens is 196 g/mol. The Kier molecular flexibility index (Phi) is 3.08. The highest BCUT2D eigenvalue weighted by Crippen LogP contribution is 1.92. The predicted molar refractivity (Wildman–Crippen MR) is 58.0 cm³/mol. The number of nitrogens with one attached hydrogen (secondary N) is 1. The molecule has 0 aliphatic heterocycles. The molecule has 1 rings (SSSR count). The highest BCUT2D eigenvalue weighted by Gasteiger charge is 2.07. The van der Waals surface area contributed by atoms with Crippen LogP contribution in [-0.2, 0) is 14.1 Å². The minimum atomic E-state index is -0.444. The molecule has 0 fully saturated rings. The molecule has 0 saturated carbocycles. The summed E-state index contributed by atoms with van der Waals surface area (Å²) in [6.07, 6.45) is 0. The second kappa shape index (κ2) is 4.12. The molecule has 0 aliphatic rings. The summed E-state index contributed by atoms with van der Waals surface area (Å²) in [5.74, 6) is 0.155. The maximum atomic E-state index is 11.5. The molecule has 1 heterocycles. The van der Waals surface area contributed by atoms with Crippen molar-refractivity contribution in [2.75, 3.05) is 11.9 Å². The molecule has 1 aromatic heterocycles. The van der Waals surface area contributed by atoms with E-state index in [0.29, 0.717) is 6.54 Å². The summed E-state index contributed by atoms with van der Waals surface area (Å²) in [6, 6.07) is 0. The smallest absolute Gasteiger partial charge is 0.346 e. The van der Waals surface area contributed by atoms with Crippen LogP contribution in [0.3, 0.4) is 0 Å². The van der Waals surface area contributed by atoms with Gasteiger partial charge in [0.25, 0.3) is 5.56 Å². The second-order valence-corrected chi connectivity index (χ2v) is 3.43. The fourth-order valence-corrected chi connectivity index (χ4v) is 1.04. The van der Waals surface area contributed by atoms with Crippen LogP contribution in [0, 0.1) is 0 Å². The van der Waals surface area contributed by atoms with E-state index >= 15 is 0 Å². The van der Waals surface area contributed by atoms with Gasteiger partial charge in [-0.25, -0.2) is 9.48 Å². The van der Waals surface area contributed by atoms with Crippen LogP contribution in [0.15, 0.2) is 21.7 Å². The summed E-state index contributed by atoms with van der Waals surface area (Å²) in [4.78, 5) is 22.8. The van der Waals surface area contributed by atoms with E-state index in [9.17, 15) is 9.59 Å². The Morgan fingerprint density at radius 1 is 1.47 bits per heavy atom. The van der Waals surface area contributed by atoms with Crippen molar-refractivity contribution in [3.05, 3.63) is 33.0 Å². The minimum Gasteiger partial charge on any atom is -0.360 e. The highest BCUT2D eigenvalue weighted by atomic mass is 16.2. The predicted octanol–water partition coefficient (Wildman–Crippen LogP) is -0.533. The molecule has 1 N–H and O–H groups in total. The number of aromatic nitrogens is 3. The zero-order chi connectivity index (χ0) is 11.6. The van der Waals surface area contributed by atoms with Crippen molar-refractivity contribution in [1.82, 2.24) is 14.3 Å². The fourth-order valence-electron chi connectivity index (χ4n) is 1.04. The lowest BCUT2D eigenvalue weighted by atomic mass is 10.3. The number of rotatable bonds is 3. The Balaban J connectivity index is 3.16. The van der Waals surface area contributed by atoms with E-state index in [2.05, 4.69) is 17.0 Å².